The number of aromatic nitrogens is 1. The molecular weight excluding hydrogens is 434 g/mol. The highest BCUT2D eigenvalue weighted by molar-refractivity contribution is 7.89. The number of sulfonamides is 1. The molecule has 0 radical (unpaired) electrons. The number of hydrogen-bond acceptors (Lipinski definition) is 6. The Morgan fingerprint density at radius 2 is 2.03 bits per heavy atom. The Bertz CT molecular complexity index is 1160. The molecule has 1 aliphatic rings. The fourth-order valence-corrected chi connectivity index (χ4v) is 6.11. The fourth-order valence-electron chi connectivity index (χ4n) is 3.31. The number of methoxy groups -OCH3 is 1. The number of nitrogens with one attached hydrogen (secondary N) is 1. The van der Waals surface area contributed by atoms with Crippen LogP contribution in [0.1, 0.15) is 12.8 Å². The Balaban J connectivity index is 1.55. The van der Waals surface area contributed by atoms with Gasteiger partial charge in [-0.15, -0.1) is 0 Å². The van der Waals surface area contributed by atoms with Crippen LogP contribution in [0.25, 0.3) is 10.2 Å². The van der Waals surface area contributed by atoms with Gasteiger partial charge in [0.2, 0.25) is 15.9 Å². The first kappa shape index (κ1) is 20.1. The number of rotatable bonds is 5. The maximum atomic E-state index is 13.1. The zero-order chi connectivity index (χ0) is 20.6. The Kier molecular flexibility index (Phi) is 5.48. The van der Waals surface area contributed by atoms with E-state index in [-0.39, 0.29) is 10.8 Å². The molecule has 0 aliphatic carbocycles. The summed E-state index contributed by atoms with van der Waals surface area (Å²) in [6.45, 7) is 0.294. The van der Waals surface area contributed by atoms with Crippen LogP contribution in [0.4, 0.5) is 5.13 Å². The van der Waals surface area contributed by atoms with Crippen LogP contribution >= 0.6 is 22.9 Å². The summed E-state index contributed by atoms with van der Waals surface area (Å²) >= 11 is 7.29. The van der Waals surface area contributed by atoms with Gasteiger partial charge in [0.15, 0.2) is 5.13 Å². The molecule has 0 spiro atoms. The molecule has 1 aliphatic heterocycles. The summed E-state index contributed by atoms with van der Waals surface area (Å²) in [5.74, 6) is 0.181. The Labute approximate surface area is 177 Å². The average Bonchev–Trinajstić information content (AvgIpc) is 3.34. The van der Waals surface area contributed by atoms with Crippen molar-refractivity contribution < 1.29 is 17.9 Å². The van der Waals surface area contributed by atoms with Gasteiger partial charge in [-0.3, -0.25) is 4.79 Å². The van der Waals surface area contributed by atoms with Crippen LogP contribution in [0.3, 0.4) is 0 Å². The monoisotopic (exact) mass is 451 g/mol. The molecule has 29 heavy (non-hydrogen) atoms. The number of benzene rings is 2. The van der Waals surface area contributed by atoms with E-state index < -0.39 is 16.1 Å². The standard InChI is InChI=1S/C19H18ClN3O4S2/c1-27-13-5-7-14(8-6-13)29(25,26)23-10-2-3-16(23)18(24)22-19-21-15-9-4-12(20)11-17(15)28-19/h4-9,11,16H,2-3,10H2,1H3,(H,21,22,24). The summed E-state index contributed by atoms with van der Waals surface area (Å²) in [6, 6.07) is 10.7. The van der Waals surface area contributed by atoms with Gasteiger partial charge in [0.1, 0.15) is 11.8 Å². The van der Waals surface area contributed by atoms with Crippen molar-refractivity contribution in [3.8, 4) is 5.75 Å². The van der Waals surface area contributed by atoms with E-state index in [0.29, 0.717) is 35.3 Å². The van der Waals surface area contributed by atoms with E-state index in [0.717, 1.165) is 10.2 Å². The summed E-state index contributed by atoms with van der Waals surface area (Å²) in [7, 11) is -2.28. The molecule has 1 unspecified atom stereocenters. The molecule has 0 bridgehead atoms. The molecule has 7 nitrogen and oxygen atoms in total. The number of ether oxygens (including phenoxy) is 1. The third-order valence-electron chi connectivity index (χ3n) is 4.75. The van der Waals surface area contributed by atoms with Gasteiger partial charge in [-0.1, -0.05) is 22.9 Å². The first-order valence-corrected chi connectivity index (χ1v) is 11.5. The van der Waals surface area contributed by atoms with E-state index in [9.17, 15) is 13.2 Å². The zero-order valence-electron chi connectivity index (χ0n) is 15.5. The minimum atomic E-state index is -3.80. The highest BCUT2D eigenvalue weighted by Crippen LogP contribution is 2.31. The van der Waals surface area contributed by atoms with Crippen LogP contribution in [-0.4, -0.2) is 43.3 Å². The number of halogens is 1. The van der Waals surface area contributed by atoms with Gasteiger partial charge in [0.05, 0.1) is 22.2 Å². The van der Waals surface area contributed by atoms with Crippen molar-refractivity contribution in [2.45, 2.75) is 23.8 Å². The Morgan fingerprint density at radius 3 is 2.76 bits per heavy atom. The molecule has 1 aromatic heterocycles. The number of nitrogens with zero attached hydrogens (tertiary/aromatic N) is 2. The summed E-state index contributed by atoms with van der Waals surface area (Å²) in [5, 5.41) is 3.77. The molecule has 1 atom stereocenters. The number of fused-ring (bicyclic) bond motifs is 1. The van der Waals surface area contributed by atoms with E-state index in [4.69, 9.17) is 16.3 Å². The van der Waals surface area contributed by atoms with Crippen LogP contribution in [0.2, 0.25) is 5.02 Å². The zero-order valence-corrected chi connectivity index (χ0v) is 17.9. The van der Waals surface area contributed by atoms with Crippen LogP contribution in [0.15, 0.2) is 47.4 Å². The van der Waals surface area contributed by atoms with E-state index in [1.807, 2.05) is 0 Å². The molecule has 2 aromatic carbocycles. The van der Waals surface area contributed by atoms with Gasteiger partial charge in [-0.2, -0.15) is 4.31 Å². The second-order valence-corrected chi connectivity index (χ2v) is 9.93. The summed E-state index contributed by atoms with van der Waals surface area (Å²) in [4.78, 5) is 17.4. The highest BCUT2D eigenvalue weighted by atomic mass is 35.5. The predicted molar refractivity (Wildman–Crippen MR) is 113 cm³/mol. The maximum absolute atomic E-state index is 13.1. The lowest BCUT2D eigenvalue weighted by Gasteiger charge is -2.23. The summed E-state index contributed by atoms with van der Waals surface area (Å²) < 4.78 is 33.3. The molecule has 0 saturated carbocycles. The average molecular weight is 452 g/mol. The van der Waals surface area contributed by atoms with Gasteiger partial charge >= 0.3 is 0 Å². The van der Waals surface area contributed by atoms with Gasteiger partial charge < -0.3 is 10.1 Å². The van der Waals surface area contributed by atoms with E-state index >= 15 is 0 Å². The molecule has 10 heteroatoms. The van der Waals surface area contributed by atoms with Crippen LogP contribution in [0, 0.1) is 0 Å². The molecule has 152 valence electrons. The van der Waals surface area contributed by atoms with Crippen LogP contribution in [0.5, 0.6) is 5.75 Å². The molecule has 3 aromatic rings. The summed E-state index contributed by atoms with van der Waals surface area (Å²) in [6.07, 6.45) is 1.07. The van der Waals surface area contributed by atoms with E-state index in [1.165, 1.54) is 34.9 Å². The summed E-state index contributed by atoms with van der Waals surface area (Å²) in [5.41, 5.74) is 0.726. The van der Waals surface area contributed by atoms with Crippen molar-refractivity contribution in [2.24, 2.45) is 0 Å². The topological polar surface area (TPSA) is 88.6 Å². The molecule has 1 N–H and O–H groups in total. The first-order valence-electron chi connectivity index (χ1n) is 8.91. The minimum Gasteiger partial charge on any atom is -0.497 e. The quantitative estimate of drug-likeness (QED) is 0.638. The number of hydrogen-bond donors (Lipinski definition) is 1. The van der Waals surface area contributed by atoms with Crippen molar-refractivity contribution in [1.29, 1.82) is 0 Å². The lowest BCUT2D eigenvalue weighted by molar-refractivity contribution is -0.119. The number of carbonyl (C=O) groups excluding carboxylic acids is 1. The first-order chi connectivity index (χ1) is 13.9. The van der Waals surface area contributed by atoms with Crippen molar-refractivity contribution in [3.63, 3.8) is 0 Å². The van der Waals surface area contributed by atoms with Crippen LogP contribution < -0.4 is 10.1 Å². The normalized spacial score (nSPS) is 17.5. The Hall–Kier alpha value is -2.20. The van der Waals surface area contributed by atoms with Gasteiger partial charge in [-0.05, 0) is 55.3 Å². The molecule has 1 saturated heterocycles. The van der Waals surface area contributed by atoms with Crippen molar-refractivity contribution in [3.05, 3.63) is 47.5 Å². The highest BCUT2D eigenvalue weighted by Gasteiger charge is 2.39. The SMILES string of the molecule is COc1ccc(S(=O)(=O)N2CCCC2C(=O)Nc2nc3ccc(Cl)cc3s2)cc1. The predicted octanol–water partition coefficient (Wildman–Crippen LogP) is 3.75. The lowest BCUT2D eigenvalue weighted by Crippen LogP contribution is -2.43. The van der Waals surface area contributed by atoms with Crippen molar-refractivity contribution in [2.75, 3.05) is 19.0 Å². The number of carbonyl (C=O) groups is 1. The number of thiazole rings is 1. The molecular formula is C19H18ClN3O4S2. The van der Waals surface area contributed by atoms with E-state index in [2.05, 4.69) is 10.3 Å². The lowest BCUT2D eigenvalue weighted by atomic mass is 10.2. The van der Waals surface area contributed by atoms with Gasteiger partial charge in [0.25, 0.3) is 0 Å². The smallest absolute Gasteiger partial charge is 0.244 e. The third-order valence-corrected chi connectivity index (χ3v) is 7.84. The number of amides is 1. The second-order valence-electron chi connectivity index (χ2n) is 6.57. The fraction of sp³-hybridized carbons (Fsp3) is 0.263. The minimum absolute atomic E-state index is 0.132. The third kappa shape index (κ3) is 3.95. The van der Waals surface area contributed by atoms with Gasteiger partial charge in [0, 0.05) is 11.6 Å². The largest absolute Gasteiger partial charge is 0.497 e. The Morgan fingerprint density at radius 1 is 1.28 bits per heavy atom. The number of anilines is 1. The van der Waals surface area contributed by atoms with E-state index in [1.54, 1.807) is 30.3 Å². The molecule has 1 amide bonds. The molecule has 1 fully saturated rings. The molecule has 4 rings (SSSR count). The second kappa shape index (κ2) is 7.91. The van der Waals surface area contributed by atoms with Crippen molar-refractivity contribution in [1.82, 2.24) is 9.29 Å². The van der Waals surface area contributed by atoms with Gasteiger partial charge in [-0.25, -0.2) is 13.4 Å². The van der Waals surface area contributed by atoms with Crippen molar-refractivity contribution >= 4 is 54.2 Å². The maximum Gasteiger partial charge on any atom is 0.244 e. The van der Waals surface area contributed by atoms with Crippen LogP contribution in [-0.2, 0) is 14.8 Å². The molecule has 2 heterocycles.